The van der Waals surface area contributed by atoms with Crippen molar-refractivity contribution in [3.05, 3.63) is 22.4 Å². The molecule has 0 spiro atoms. The van der Waals surface area contributed by atoms with Crippen LogP contribution < -0.4 is 5.32 Å². The van der Waals surface area contributed by atoms with Gasteiger partial charge in [0, 0.05) is 0 Å². The van der Waals surface area contributed by atoms with E-state index in [2.05, 4.69) is 5.32 Å². The van der Waals surface area contributed by atoms with Crippen LogP contribution in [0.3, 0.4) is 0 Å². The van der Waals surface area contributed by atoms with Crippen molar-refractivity contribution in [1.82, 2.24) is 5.32 Å². The largest absolute Gasteiger partial charge is 0.480 e. The highest BCUT2D eigenvalue weighted by atomic mass is 32.1. The van der Waals surface area contributed by atoms with E-state index in [9.17, 15) is 14.0 Å². The first-order valence-electron chi connectivity index (χ1n) is 4.67. The normalized spacial score (nSPS) is 14.1. The monoisotopic (exact) mass is 245 g/mol. The third-order valence-corrected chi connectivity index (χ3v) is 2.91. The Hall–Kier alpha value is -1.43. The summed E-state index contributed by atoms with van der Waals surface area (Å²) in [5, 5.41) is 14.4. The molecular weight excluding hydrogens is 233 g/mol. The lowest BCUT2D eigenvalue weighted by Gasteiger charge is -2.14. The maximum Gasteiger partial charge on any atom is 0.328 e. The first-order valence-corrected chi connectivity index (χ1v) is 5.61. The summed E-state index contributed by atoms with van der Waals surface area (Å²) in [5.74, 6) is -2.32. The van der Waals surface area contributed by atoms with E-state index in [-0.39, 0.29) is 0 Å². The van der Waals surface area contributed by atoms with E-state index >= 15 is 0 Å². The second-order valence-electron chi connectivity index (χ2n) is 3.33. The fourth-order valence-corrected chi connectivity index (χ4v) is 1.89. The average molecular weight is 245 g/mol. The lowest BCUT2D eigenvalue weighted by Crippen LogP contribution is -2.43. The minimum absolute atomic E-state index is 0.473. The molecule has 0 bridgehead atoms. The van der Waals surface area contributed by atoms with Crippen LogP contribution in [0.5, 0.6) is 0 Å². The topological polar surface area (TPSA) is 66.4 Å². The van der Waals surface area contributed by atoms with E-state index in [0.717, 1.165) is 5.56 Å². The molecule has 0 fully saturated rings. The van der Waals surface area contributed by atoms with Gasteiger partial charge >= 0.3 is 5.97 Å². The molecule has 1 aromatic rings. The molecule has 0 aliphatic heterocycles. The second-order valence-corrected chi connectivity index (χ2v) is 4.11. The van der Waals surface area contributed by atoms with Crippen molar-refractivity contribution in [2.75, 3.05) is 6.67 Å². The molecule has 2 N–H and O–H groups in total. The highest BCUT2D eigenvalue weighted by Crippen LogP contribution is 2.18. The molecular formula is C10H12FNO3S. The van der Waals surface area contributed by atoms with Crippen LogP contribution >= 0.6 is 11.3 Å². The van der Waals surface area contributed by atoms with Crippen molar-refractivity contribution in [2.24, 2.45) is 0 Å². The SMILES string of the molecule is CC(C(=O)NC(CF)C(=O)O)c1ccsc1. The first kappa shape index (κ1) is 12.6. The molecule has 0 saturated heterocycles. The molecule has 0 radical (unpaired) electrons. The number of carboxylic acid groups (broad SMARTS) is 1. The van der Waals surface area contributed by atoms with Crippen molar-refractivity contribution in [2.45, 2.75) is 18.9 Å². The predicted octanol–water partition coefficient (Wildman–Crippen LogP) is 1.39. The highest BCUT2D eigenvalue weighted by Gasteiger charge is 2.23. The zero-order valence-corrected chi connectivity index (χ0v) is 9.46. The van der Waals surface area contributed by atoms with E-state index in [1.165, 1.54) is 11.3 Å². The van der Waals surface area contributed by atoms with Crippen molar-refractivity contribution in [3.8, 4) is 0 Å². The number of thiophene rings is 1. The van der Waals surface area contributed by atoms with Gasteiger partial charge in [0.05, 0.1) is 5.92 Å². The molecule has 2 atom stereocenters. The molecule has 88 valence electrons. The maximum atomic E-state index is 12.3. The van der Waals surface area contributed by atoms with E-state index in [0.29, 0.717) is 0 Å². The van der Waals surface area contributed by atoms with Gasteiger partial charge in [0.2, 0.25) is 5.91 Å². The summed E-state index contributed by atoms with van der Waals surface area (Å²) < 4.78 is 12.3. The van der Waals surface area contributed by atoms with Crippen LogP contribution in [0.4, 0.5) is 4.39 Å². The van der Waals surface area contributed by atoms with Crippen LogP contribution in [0.1, 0.15) is 18.4 Å². The van der Waals surface area contributed by atoms with Crippen molar-refractivity contribution in [3.63, 3.8) is 0 Å². The van der Waals surface area contributed by atoms with Gasteiger partial charge in [-0.2, -0.15) is 11.3 Å². The molecule has 1 amide bonds. The van der Waals surface area contributed by atoms with Crippen LogP contribution in [0.2, 0.25) is 0 Å². The Balaban J connectivity index is 2.61. The van der Waals surface area contributed by atoms with Crippen LogP contribution in [0.25, 0.3) is 0 Å². The Morgan fingerprint density at radius 3 is 2.75 bits per heavy atom. The molecule has 4 nitrogen and oxygen atoms in total. The average Bonchev–Trinajstić information content (AvgIpc) is 2.77. The molecule has 2 unspecified atom stereocenters. The minimum Gasteiger partial charge on any atom is -0.480 e. The highest BCUT2D eigenvalue weighted by molar-refractivity contribution is 7.08. The number of nitrogens with one attached hydrogen (secondary N) is 1. The minimum atomic E-state index is -1.46. The van der Waals surface area contributed by atoms with Gasteiger partial charge in [0.15, 0.2) is 6.04 Å². The number of amides is 1. The molecule has 1 rings (SSSR count). The summed E-state index contributed by atoms with van der Waals surface area (Å²) in [6.07, 6.45) is 0. The van der Waals surface area contributed by atoms with E-state index in [1.807, 2.05) is 5.38 Å². The lowest BCUT2D eigenvalue weighted by atomic mass is 10.0. The third-order valence-electron chi connectivity index (χ3n) is 2.21. The van der Waals surface area contributed by atoms with E-state index in [1.54, 1.807) is 18.4 Å². The molecule has 1 heterocycles. The van der Waals surface area contributed by atoms with Gasteiger partial charge in [0.1, 0.15) is 6.67 Å². The van der Waals surface area contributed by atoms with Gasteiger partial charge in [-0.25, -0.2) is 9.18 Å². The number of alkyl halides is 1. The fourth-order valence-electron chi connectivity index (χ4n) is 1.14. The molecule has 0 aromatic carbocycles. The smallest absolute Gasteiger partial charge is 0.328 e. The van der Waals surface area contributed by atoms with Crippen molar-refractivity contribution >= 4 is 23.2 Å². The maximum absolute atomic E-state index is 12.3. The molecule has 0 saturated carbocycles. The molecule has 16 heavy (non-hydrogen) atoms. The Kier molecular flexibility index (Phi) is 4.42. The molecule has 6 heteroatoms. The summed E-state index contributed by atoms with van der Waals surface area (Å²) in [6, 6.07) is 0.314. The molecule has 0 aliphatic carbocycles. The summed E-state index contributed by atoms with van der Waals surface area (Å²) in [7, 11) is 0. The number of aliphatic carboxylic acids is 1. The predicted molar refractivity (Wildman–Crippen MR) is 58.3 cm³/mol. The van der Waals surface area contributed by atoms with Gasteiger partial charge in [0.25, 0.3) is 0 Å². The second kappa shape index (κ2) is 5.60. The molecule has 0 aliphatic rings. The van der Waals surface area contributed by atoms with E-state index in [4.69, 9.17) is 5.11 Å². The molecule has 1 aromatic heterocycles. The Labute approximate surface area is 96.1 Å². The van der Waals surface area contributed by atoms with Gasteiger partial charge in [-0.15, -0.1) is 0 Å². The number of hydrogen-bond acceptors (Lipinski definition) is 3. The summed E-state index contributed by atoms with van der Waals surface area (Å²) >= 11 is 1.45. The van der Waals surface area contributed by atoms with E-state index < -0.39 is 30.5 Å². The fraction of sp³-hybridized carbons (Fsp3) is 0.400. The number of hydrogen-bond donors (Lipinski definition) is 2. The van der Waals surface area contributed by atoms with Gasteiger partial charge in [-0.05, 0) is 29.3 Å². The number of carbonyl (C=O) groups is 2. The zero-order chi connectivity index (χ0) is 12.1. The number of rotatable bonds is 5. The van der Waals surface area contributed by atoms with Crippen LogP contribution in [0.15, 0.2) is 16.8 Å². The number of carbonyl (C=O) groups excluding carboxylic acids is 1. The number of halogens is 1. The lowest BCUT2D eigenvalue weighted by molar-refractivity contribution is -0.142. The quantitative estimate of drug-likeness (QED) is 0.823. The van der Waals surface area contributed by atoms with Gasteiger partial charge < -0.3 is 10.4 Å². The third kappa shape index (κ3) is 3.03. The summed E-state index contributed by atoms with van der Waals surface area (Å²) in [5.41, 5.74) is 0.797. The van der Waals surface area contributed by atoms with Crippen LogP contribution in [-0.2, 0) is 9.59 Å². The van der Waals surface area contributed by atoms with Crippen LogP contribution in [-0.4, -0.2) is 29.7 Å². The number of carboxylic acids is 1. The Morgan fingerprint density at radius 1 is 1.62 bits per heavy atom. The summed E-state index contributed by atoms with van der Waals surface area (Å²) in [6.45, 7) is 0.534. The Morgan fingerprint density at radius 2 is 2.31 bits per heavy atom. The van der Waals surface area contributed by atoms with Crippen molar-refractivity contribution in [1.29, 1.82) is 0 Å². The standard InChI is InChI=1S/C10H12FNO3S/c1-6(7-2-3-16-5-7)9(13)12-8(4-11)10(14)15/h2-3,5-6,8H,4H2,1H3,(H,12,13)(H,14,15). The van der Waals surface area contributed by atoms with Crippen LogP contribution in [0, 0.1) is 0 Å². The Bertz CT molecular complexity index is 366. The van der Waals surface area contributed by atoms with Gasteiger partial charge in [-0.1, -0.05) is 0 Å². The van der Waals surface area contributed by atoms with Gasteiger partial charge in [-0.3, -0.25) is 4.79 Å². The summed E-state index contributed by atoms with van der Waals surface area (Å²) in [4.78, 5) is 22.1. The first-order chi connectivity index (χ1) is 7.56. The zero-order valence-electron chi connectivity index (χ0n) is 8.64. The van der Waals surface area contributed by atoms with Crippen molar-refractivity contribution < 1.29 is 19.1 Å².